The van der Waals surface area contributed by atoms with E-state index in [1.54, 1.807) is 12.1 Å². The largest absolute Gasteiger partial charge is 0.474 e. The third-order valence-corrected chi connectivity index (χ3v) is 2.98. The van der Waals surface area contributed by atoms with Crippen molar-refractivity contribution in [2.45, 2.75) is 38.4 Å². The number of aliphatic hydroxyl groups excluding tert-OH is 1. The average Bonchev–Trinajstić information content (AvgIpc) is 2.73. The van der Waals surface area contributed by atoms with Gasteiger partial charge in [0.25, 0.3) is 0 Å². The van der Waals surface area contributed by atoms with Crippen LogP contribution in [0.1, 0.15) is 31.4 Å². The Morgan fingerprint density at radius 2 is 2.13 bits per heavy atom. The highest BCUT2D eigenvalue weighted by Gasteiger charge is 2.17. The second-order valence-electron chi connectivity index (χ2n) is 3.76. The molecule has 3 nitrogen and oxygen atoms in total. The molecule has 82 valence electrons. The summed E-state index contributed by atoms with van der Waals surface area (Å²) in [5.41, 5.74) is 0.479. The molecule has 2 rings (SSSR count). The maximum absolute atomic E-state index is 9.00. The second-order valence-corrected chi connectivity index (χ2v) is 4.17. The Balaban J connectivity index is 2.07. The zero-order chi connectivity index (χ0) is 10.7. The summed E-state index contributed by atoms with van der Waals surface area (Å²) in [7, 11) is 0. The summed E-state index contributed by atoms with van der Waals surface area (Å²) in [5.74, 6) is 0.565. The lowest BCUT2D eigenvalue weighted by atomic mass is 10.3. The molecule has 0 aliphatic heterocycles. The van der Waals surface area contributed by atoms with Gasteiger partial charge >= 0.3 is 0 Å². The highest BCUT2D eigenvalue weighted by molar-refractivity contribution is 6.31. The molecule has 1 aliphatic carbocycles. The van der Waals surface area contributed by atoms with Crippen molar-refractivity contribution in [3.63, 3.8) is 0 Å². The normalized spacial score (nSPS) is 16.9. The number of nitrogens with zero attached hydrogens (tertiary/aromatic N) is 1. The first-order valence-electron chi connectivity index (χ1n) is 5.22. The van der Waals surface area contributed by atoms with Crippen molar-refractivity contribution in [1.82, 2.24) is 4.98 Å². The molecule has 1 aromatic rings. The van der Waals surface area contributed by atoms with Crippen molar-refractivity contribution in [1.29, 1.82) is 0 Å². The predicted octanol–water partition coefficient (Wildman–Crippen LogP) is 2.55. The first-order valence-corrected chi connectivity index (χ1v) is 5.60. The topological polar surface area (TPSA) is 42.4 Å². The van der Waals surface area contributed by atoms with Gasteiger partial charge in [0.1, 0.15) is 6.10 Å². The summed E-state index contributed by atoms with van der Waals surface area (Å²) in [4.78, 5) is 4.15. The number of rotatable bonds is 3. The molecule has 1 fully saturated rings. The van der Waals surface area contributed by atoms with E-state index in [0.717, 1.165) is 12.8 Å². The lowest BCUT2D eigenvalue weighted by Gasteiger charge is -2.12. The van der Waals surface area contributed by atoms with Gasteiger partial charge in [-0.3, -0.25) is 0 Å². The smallest absolute Gasteiger partial charge is 0.213 e. The van der Waals surface area contributed by atoms with E-state index >= 15 is 0 Å². The van der Waals surface area contributed by atoms with E-state index in [4.69, 9.17) is 21.4 Å². The number of aliphatic hydroxyl groups is 1. The van der Waals surface area contributed by atoms with Gasteiger partial charge in [-0.15, -0.1) is 0 Å². The Kier molecular flexibility index (Phi) is 3.44. The summed E-state index contributed by atoms with van der Waals surface area (Å²) in [6, 6.07) is 3.46. The third-order valence-electron chi connectivity index (χ3n) is 2.63. The molecular weight excluding hydrogens is 214 g/mol. The second kappa shape index (κ2) is 4.81. The lowest BCUT2D eigenvalue weighted by molar-refractivity contribution is 0.198. The Labute approximate surface area is 94.0 Å². The minimum Gasteiger partial charge on any atom is -0.474 e. The highest BCUT2D eigenvalue weighted by atomic mass is 35.5. The molecule has 0 amide bonds. The maximum atomic E-state index is 9.00. The molecule has 1 saturated carbocycles. The van der Waals surface area contributed by atoms with E-state index in [1.165, 1.54) is 12.8 Å². The summed E-state index contributed by atoms with van der Waals surface area (Å²) in [5, 5.41) is 9.48. The van der Waals surface area contributed by atoms with Gasteiger partial charge in [0, 0.05) is 6.07 Å². The van der Waals surface area contributed by atoms with Crippen LogP contribution in [0.15, 0.2) is 12.1 Å². The standard InChI is InChI=1S/C11H14ClNO2/c12-9-5-6-11(13-10(9)7-14)15-8-3-1-2-4-8/h5-6,8,14H,1-4,7H2. The Morgan fingerprint density at radius 3 is 2.80 bits per heavy atom. The predicted molar refractivity (Wildman–Crippen MR) is 58.1 cm³/mol. The van der Waals surface area contributed by atoms with Crippen molar-refractivity contribution in [3.05, 3.63) is 22.8 Å². The van der Waals surface area contributed by atoms with Crippen LogP contribution in [0, 0.1) is 0 Å². The lowest BCUT2D eigenvalue weighted by Crippen LogP contribution is -2.12. The minimum atomic E-state index is -0.152. The van der Waals surface area contributed by atoms with Crippen LogP contribution < -0.4 is 4.74 Å². The zero-order valence-corrected chi connectivity index (χ0v) is 9.20. The van der Waals surface area contributed by atoms with E-state index in [2.05, 4.69) is 4.98 Å². The van der Waals surface area contributed by atoms with E-state index in [-0.39, 0.29) is 12.7 Å². The number of halogens is 1. The van der Waals surface area contributed by atoms with Gasteiger partial charge in [-0.05, 0) is 31.7 Å². The summed E-state index contributed by atoms with van der Waals surface area (Å²) >= 11 is 5.83. The van der Waals surface area contributed by atoms with E-state index < -0.39 is 0 Å². The van der Waals surface area contributed by atoms with Gasteiger partial charge in [0.15, 0.2) is 0 Å². The highest BCUT2D eigenvalue weighted by Crippen LogP contribution is 2.24. The number of hydrogen-bond donors (Lipinski definition) is 1. The fraction of sp³-hybridized carbons (Fsp3) is 0.545. The molecule has 0 spiro atoms. The molecule has 0 radical (unpaired) electrons. The van der Waals surface area contributed by atoms with Crippen molar-refractivity contribution in [3.8, 4) is 5.88 Å². The van der Waals surface area contributed by atoms with Gasteiger partial charge in [-0.25, -0.2) is 4.98 Å². The van der Waals surface area contributed by atoms with Gasteiger partial charge in [0.05, 0.1) is 17.3 Å². The molecule has 1 heterocycles. The SMILES string of the molecule is OCc1nc(OC2CCCC2)ccc1Cl. The maximum Gasteiger partial charge on any atom is 0.213 e. The molecule has 4 heteroatoms. The number of pyridine rings is 1. The summed E-state index contributed by atoms with van der Waals surface area (Å²) in [6.45, 7) is -0.152. The molecule has 1 aliphatic rings. The van der Waals surface area contributed by atoms with E-state index in [0.29, 0.717) is 16.6 Å². The quantitative estimate of drug-likeness (QED) is 0.863. The van der Waals surface area contributed by atoms with Crippen molar-refractivity contribution in [2.75, 3.05) is 0 Å². The van der Waals surface area contributed by atoms with Gasteiger partial charge in [-0.1, -0.05) is 11.6 Å². The Hall–Kier alpha value is -0.800. The van der Waals surface area contributed by atoms with E-state index in [9.17, 15) is 0 Å². The van der Waals surface area contributed by atoms with Crippen LogP contribution in [-0.2, 0) is 6.61 Å². The molecule has 0 bridgehead atoms. The third kappa shape index (κ3) is 2.61. The van der Waals surface area contributed by atoms with Crippen molar-refractivity contribution >= 4 is 11.6 Å². The van der Waals surface area contributed by atoms with Gasteiger partial charge < -0.3 is 9.84 Å². The first-order chi connectivity index (χ1) is 7.29. The van der Waals surface area contributed by atoms with Crippen LogP contribution in [-0.4, -0.2) is 16.2 Å². The van der Waals surface area contributed by atoms with Gasteiger partial charge in [-0.2, -0.15) is 0 Å². The van der Waals surface area contributed by atoms with Crippen LogP contribution >= 0.6 is 11.6 Å². The molecule has 0 unspecified atom stereocenters. The molecule has 1 aromatic heterocycles. The Morgan fingerprint density at radius 1 is 1.40 bits per heavy atom. The molecule has 0 atom stereocenters. The van der Waals surface area contributed by atoms with Crippen LogP contribution in [0.2, 0.25) is 5.02 Å². The zero-order valence-electron chi connectivity index (χ0n) is 8.45. The molecule has 0 aromatic carbocycles. The number of ether oxygens (including phenoxy) is 1. The van der Waals surface area contributed by atoms with Crippen LogP contribution in [0.4, 0.5) is 0 Å². The molecule has 1 N–H and O–H groups in total. The summed E-state index contributed by atoms with van der Waals surface area (Å²) in [6.07, 6.45) is 4.93. The van der Waals surface area contributed by atoms with E-state index in [1.807, 2.05) is 0 Å². The van der Waals surface area contributed by atoms with Crippen LogP contribution in [0.25, 0.3) is 0 Å². The first kappa shape index (κ1) is 10.7. The molecule has 15 heavy (non-hydrogen) atoms. The van der Waals surface area contributed by atoms with Crippen molar-refractivity contribution < 1.29 is 9.84 Å². The monoisotopic (exact) mass is 227 g/mol. The van der Waals surface area contributed by atoms with Gasteiger partial charge in [0.2, 0.25) is 5.88 Å². The fourth-order valence-electron chi connectivity index (χ4n) is 1.82. The van der Waals surface area contributed by atoms with Crippen molar-refractivity contribution in [2.24, 2.45) is 0 Å². The molecule has 0 saturated heterocycles. The minimum absolute atomic E-state index is 0.152. The van der Waals surface area contributed by atoms with Crippen LogP contribution in [0.5, 0.6) is 5.88 Å². The number of aromatic nitrogens is 1. The average molecular weight is 228 g/mol. The summed E-state index contributed by atoms with van der Waals surface area (Å²) < 4.78 is 5.69. The Bertz CT molecular complexity index is 337. The molecular formula is C11H14ClNO2. The fourth-order valence-corrected chi connectivity index (χ4v) is 1.98. The van der Waals surface area contributed by atoms with Crippen LogP contribution in [0.3, 0.4) is 0 Å². The number of hydrogen-bond acceptors (Lipinski definition) is 3.